The Morgan fingerprint density at radius 1 is 1.07 bits per heavy atom. The van der Waals surface area contributed by atoms with Gasteiger partial charge in [-0.2, -0.15) is 5.10 Å². The van der Waals surface area contributed by atoms with E-state index >= 15 is 0 Å². The molecule has 7 rings (SSSR count). The number of amides is 1. The molecule has 7 heteroatoms. The minimum absolute atomic E-state index is 0.0733. The molecule has 0 atom stereocenters. The van der Waals surface area contributed by atoms with Crippen LogP contribution >= 0.6 is 11.3 Å². The van der Waals surface area contributed by atoms with E-state index in [1.54, 1.807) is 22.2 Å². The van der Waals surface area contributed by atoms with Crippen molar-refractivity contribution < 1.29 is 4.79 Å². The lowest BCUT2D eigenvalue weighted by Crippen LogP contribution is -2.48. The molecule has 4 fully saturated rings. The fourth-order valence-electron chi connectivity index (χ4n) is 6.38. The number of para-hydroxylation sites is 1. The van der Waals surface area contributed by atoms with Crippen molar-refractivity contribution in [1.29, 1.82) is 0 Å². The number of aromatic nitrogens is 4. The van der Waals surface area contributed by atoms with Gasteiger partial charge in [0.05, 0.1) is 18.3 Å². The van der Waals surface area contributed by atoms with E-state index in [-0.39, 0.29) is 17.7 Å². The number of rotatable bonds is 5. The van der Waals surface area contributed by atoms with Crippen molar-refractivity contribution in [2.45, 2.75) is 50.4 Å². The fourth-order valence-corrected chi connectivity index (χ4v) is 7.36. The summed E-state index contributed by atoms with van der Waals surface area (Å²) in [7, 11) is 0. The fraction of sp³-hybridized carbons (Fsp3) is 0.478. The van der Waals surface area contributed by atoms with Gasteiger partial charge in [0.1, 0.15) is 5.01 Å². The smallest absolute Gasteiger partial charge is 0.230 e. The normalized spacial score (nSPS) is 29.3. The Kier molecular flexibility index (Phi) is 4.26. The zero-order valence-electron chi connectivity index (χ0n) is 16.8. The van der Waals surface area contributed by atoms with Crippen LogP contribution in [0, 0.1) is 17.8 Å². The van der Waals surface area contributed by atoms with Gasteiger partial charge >= 0.3 is 0 Å². The number of hydrogen-bond donors (Lipinski definition) is 1. The molecule has 2 aromatic heterocycles. The van der Waals surface area contributed by atoms with Gasteiger partial charge in [-0.05, 0) is 74.0 Å². The van der Waals surface area contributed by atoms with Crippen molar-refractivity contribution in [2.75, 3.05) is 5.32 Å². The molecule has 6 nitrogen and oxygen atoms in total. The molecule has 30 heavy (non-hydrogen) atoms. The molecule has 3 aromatic rings. The number of benzene rings is 1. The van der Waals surface area contributed by atoms with Crippen molar-refractivity contribution in [2.24, 2.45) is 17.8 Å². The number of hydrogen-bond acceptors (Lipinski definition) is 5. The molecular weight excluding hydrogens is 394 g/mol. The maximum atomic E-state index is 12.6. The summed E-state index contributed by atoms with van der Waals surface area (Å²) in [5.74, 6) is 2.55. The molecule has 4 aliphatic rings. The second-order valence-electron chi connectivity index (χ2n) is 9.46. The molecule has 4 saturated carbocycles. The molecule has 154 valence electrons. The lowest BCUT2D eigenvalue weighted by Gasteiger charge is -2.55. The van der Waals surface area contributed by atoms with E-state index in [2.05, 4.69) is 20.6 Å². The average molecular weight is 420 g/mol. The van der Waals surface area contributed by atoms with Gasteiger partial charge in [0.15, 0.2) is 0 Å². The molecule has 1 amide bonds. The zero-order chi connectivity index (χ0) is 20.1. The van der Waals surface area contributed by atoms with E-state index in [4.69, 9.17) is 0 Å². The van der Waals surface area contributed by atoms with Gasteiger partial charge in [0.2, 0.25) is 11.0 Å². The Hall–Kier alpha value is -2.54. The van der Waals surface area contributed by atoms with E-state index < -0.39 is 0 Å². The van der Waals surface area contributed by atoms with Crippen LogP contribution < -0.4 is 5.32 Å². The number of nitrogens with one attached hydrogen (secondary N) is 1. The summed E-state index contributed by atoms with van der Waals surface area (Å²) in [6, 6.07) is 9.90. The maximum absolute atomic E-state index is 12.6. The molecule has 0 saturated heterocycles. The van der Waals surface area contributed by atoms with Gasteiger partial charge in [-0.3, -0.25) is 4.79 Å². The maximum Gasteiger partial charge on any atom is 0.230 e. The van der Waals surface area contributed by atoms with Gasteiger partial charge in [0.25, 0.3) is 0 Å². The summed E-state index contributed by atoms with van der Waals surface area (Å²) >= 11 is 1.59. The first-order valence-electron chi connectivity index (χ1n) is 10.9. The molecule has 4 aliphatic carbocycles. The van der Waals surface area contributed by atoms with Gasteiger partial charge in [0, 0.05) is 11.6 Å². The first-order chi connectivity index (χ1) is 14.6. The SMILES string of the molecule is O=C(Cc1cnn(-c2ccccc2)c1)Nc1nnc(C23CC4CC(CC(C4)C2)C3)s1. The Bertz CT molecular complexity index is 1040. The van der Waals surface area contributed by atoms with E-state index in [0.29, 0.717) is 5.13 Å². The average Bonchev–Trinajstić information content (AvgIpc) is 3.38. The van der Waals surface area contributed by atoms with Crippen LogP contribution in [0.5, 0.6) is 0 Å². The molecule has 0 unspecified atom stereocenters. The third-order valence-electron chi connectivity index (χ3n) is 7.18. The van der Waals surface area contributed by atoms with Crippen molar-refractivity contribution in [3.8, 4) is 5.69 Å². The van der Waals surface area contributed by atoms with Crippen molar-refractivity contribution in [1.82, 2.24) is 20.0 Å². The third kappa shape index (κ3) is 3.25. The first-order valence-corrected chi connectivity index (χ1v) is 11.7. The van der Waals surface area contributed by atoms with Gasteiger partial charge < -0.3 is 5.32 Å². The third-order valence-corrected chi connectivity index (χ3v) is 8.27. The molecule has 4 bridgehead atoms. The molecule has 1 N–H and O–H groups in total. The lowest BCUT2D eigenvalue weighted by molar-refractivity contribution is -0.115. The Labute approximate surface area is 179 Å². The van der Waals surface area contributed by atoms with E-state index in [1.807, 2.05) is 36.5 Å². The Balaban J connectivity index is 1.13. The first kappa shape index (κ1) is 18.2. The number of carbonyl (C=O) groups excluding carboxylic acids is 1. The molecule has 2 heterocycles. The van der Waals surface area contributed by atoms with E-state index in [1.165, 1.54) is 38.5 Å². The molecule has 0 spiro atoms. The number of nitrogens with zero attached hydrogens (tertiary/aromatic N) is 4. The summed E-state index contributed by atoms with van der Waals surface area (Å²) in [6.07, 6.45) is 12.0. The molecule has 1 aromatic carbocycles. The largest absolute Gasteiger partial charge is 0.300 e. The summed E-state index contributed by atoms with van der Waals surface area (Å²) in [4.78, 5) is 12.6. The predicted octanol–water partition coefficient (Wildman–Crippen LogP) is 4.37. The minimum atomic E-state index is -0.0733. The van der Waals surface area contributed by atoms with E-state index in [9.17, 15) is 4.79 Å². The highest BCUT2D eigenvalue weighted by Crippen LogP contribution is 2.61. The molecule has 0 aliphatic heterocycles. The molecular formula is C23H25N5OS. The van der Waals surface area contributed by atoms with Crippen LogP contribution in [-0.2, 0) is 16.6 Å². The summed E-state index contributed by atoms with van der Waals surface area (Å²) in [5, 5.41) is 18.0. The van der Waals surface area contributed by atoms with Crippen molar-refractivity contribution >= 4 is 22.4 Å². The van der Waals surface area contributed by atoms with Gasteiger partial charge in [-0.1, -0.05) is 29.5 Å². The summed E-state index contributed by atoms with van der Waals surface area (Å²) < 4.78 is 1.79. The molecule has 0 radical (unpaired) electrons. The van der Waals surface area contributed by atoms with Crippen LogP contribution in [0.1, 0.15) is 49.1 Å². The Morgan fingerprint density at radius 3 is 2.47 bits per heavy atom. The Morgan fingerprint density at radius 2 is 1.77 bits per heavy atom. The minimum Gasteiger partial charge on any atom is -0.300 e. The van der Waals surface area contributed by atoms with Gasteiger partial charge in [-0.25, -0.2) is 4.68 Å². The van der Waals surface area contributed by atoms with Crippen LogP contribution in [0.3, 0.4) is 0 Å². The zero-order valence-corrected chi connectivity index (χ0v) is 17.6. The monoisotopic (exact) mass is 419 g/mol. The van der Waals surface area contributed by atoms with Crippen LogP contribution in [0.2, 0.25) is 0 Å². The van der Waals surface area contributed by atoms with Crippen LogP contribution in [0.4, 0.5) is 5.13 Å². The second kappa shape index (κ2) is 7.01. The standard InChI is InChI=1S/C23H25N5OS/c29-20(9-18-13-24-28(14-18)19-4-2-1-3-5-19)25-22-27-26-21(30-22)23-10-15-6-16(11-23)8-17(7-15)12-23/h1-5,13-17H,6-12H2,(H,25,27,29). The highest BCUT2D eigenvalue weighted by Gasteiger charge is 2.53. The number of carbonyl (C=O) groups is 1. The highest BCUT2D eigenvalue weighted by molar-refractivity contribution is 7.15. The van der Waals surface area contributed by atoms with E-state index in [0.717, 1.165) is 34.0 Å². The summed E-state index contributed by atoms with van der Waals surface area (Å²) in [5.41, 5.74) is 2.09. The lowest BCUT2D eigenvalue weighted by atomic mass is 9.50. The highest BCUT2D eigenvalue weighted by atomic mass is 32.1. The van der Waals surface area contributed by atoms with Crippen LogP contribution in [0.15, 0.2) is 42.7 Å². The summed E-state index contributed by atoms with van der Waals surface area (Å²) in [6.45, 7) is 0. The second-order valence-corrected chi connectivity index (χ2v) is 10.4. The number of anilines is 1. The van der Waals surface area contributed by atoms with Crippen LogP contribution in [-0.4, -0.2) is 25.9 Å². The van der Waals surface area contributed by atoms with Crippen LogP contribution in [0.25, 0.3) is 5.69 Å². The predicted molar refractivity (Wildman–Crippen MR) is 116 cm³/mol. The van der Waals surface area contributed by atoms with Crippen molar-refractivity contribution in [3.05, 3.63) is 53.3 Å². The van der Waals surface area contributed by atoms with Crippen molar-refractivity contribution in [3.63, 3.8) is 0 Å². The van der Waals surface area contributed by atoms with Gasteiger partial charge in [-0.15, -0.1) is 10.2 Å². The topological polar surface area (TPSA) is 72.7 Å². The quantitative estimate of drug-likeness (QED) is 0.666.